The minimum absolute atomic E-state index is 0.160. The maximum Gasteiger partial charge on any atom is 0.225 e. The monoisotopic (exact) mass is 278 g/mol. The lowest BCUT2D eigenvalue weighted by molar-refractivity contribution is 0.0836. The number of aliphatic hydroxyl groups is 1. The third-order valence-electron chi connectivity index (χ3n) is 3.47. The van der Waals surface area contributed by atoms with Gasteiger partial charge in [0, 0.05) is 18.0 Å². The highest BCUT2D eigenvalue weighted by Gasteiger charge is 2.28. The zero-order valence-corrected chi connectivity index (χ0v) is 11.9. The number of hydrogen-bond donors (Lipinski definition) is 3. The number of nitrogens with one attached hydrogen (secondary N) is 2. The first kappa shape index (κ1) is 12.6. The lowest BCUT2D eigenvalue weighted by Gasteiger charge is -2.32. The van der Waals surface area contributed by atoms with Crippen molar-refractivity contribution in [3.8, 4) is 0 Å². The van der Waals surface area contributed by atoms with E-state index in [-0.39, 0.29) is 6.10 Å². The number of thiophene rings is 1. The molecule has 0 saturated heterocycles. The van der Waals surface area contributed by atoms with Gasteiger partial charge in [0.15, 0.2) is 0 Å². The number of aliphatic hydroxyl groups excluding tert-OH is 1. The Morgan fingerprint density at radius 3 is 2.84 bits per heavy atom. The van der Waals surface area contributed by atoms with Gasteiger partial charge in [-0.25, -0.2) is 4.98 Å². The third kappa shape index (κ3) is 2.37. The zero-order chi connectivity index (χ0) is 13.4. The molecule has 102 valence electrons. The van der Waals surface area contributed by atoms with Crippen molar-refractivity contribution in [3.63, 3.8) is 0 Å². The van der Waals surface area contributed by atoms with Crippen LogP contribution in [0.2, 0.25) is 0 Å². The summed E-state index contributed by atoms with van der Waals surface area (Å²) >= 11 is 1.71. The van der Waals surface area contributed by atoms with Crippen molar-refractivity contribution in [1.29, 1.82) is 0 Å². The molecule has 0 unspecified atom stereocenters. The second-order valence-electron chi connectivity index (χ2n) is 4.90. The van der Waals surface area contributed by atoms with E-state index in [1.165, 1.54) is 4.88 Å². The lowest BCUT2D eigenvalue weighted by atomic mass is 9.89. The molecule has 1 aliphatic carbocycles. The molecular weight excluding hydrogens is 260 g/mol. The quantitative estimate of drug-likeness (QED) is 0.800. The topological polar surface area (TPSA) is 70.1 Å². The highest BCUT2D eigenvalue weighted by Crippen LogP contribution is 2.32. The first-order chi connectivity index (χ1) is 9.19. The molecule has 1 aliphatic rings. The van der Waals surface area contributed by atoms with E-state index < -0.39 is 0 Å². The summed E-state index contributed by atoms with van der Waals surface area (Å²) in [5.74, 6) is 1.52. The van der Waals surface area contributed by atoms with E-state index in [2.05, 4.69) is 33.6 Å². The standard InChI is InChI=1S/C13H18N4OS/c1-3-9-6-10-11(15-7-4-8(18)5-7)16-13(14-2)17-12(10)19-9/h6-8,18H,3-5H2,1-2H3,(H2,14,15,16,17). The van der Waals surface area contributed by atoms with E-state index >= 15 is 0 Å². The van der Waals surface area contributed by atoms with Crippen LogP contribution in [0.5, 0.6) is 0 Å². The second kappa shape index (κ2) is 4.94. The van der Waals surface area contributed by atoms with Crippen molar-refractivity contribution < 1.29 is 5.11 Å². The Balaban J connectivity index is 1.97. The summed E-state index contributed by atoms with van der Waals surface area (Å²) < 4.78 is 0. The van der Waals surface area contributed by atoms with Gasteiger partial charge in [-0.2, -0.15) is 4.98 Å². The fourth-order valence-electron chi connectivity index (χ4n) is 2.27. The van der Waals surface area contributed by atoms with Crippen molar-refractivity contribution in [1.82, 2.24) is 9.97 Å². The van der Waals surface area contributed by atoms with Crippen molar-refractivity contribution in [3.05, 3.63) is 10.9 Å². The van der Waals surface area contributed by atoms with Crippen LogP contribution in [0.1, 0.15) is 24.6 Å². The Hall–Kier alpha value is -1.40. The van der Waals surface area contributed by atoms with Crippen molar-refractivity contribution in [2.75, 3.05) is 17.7 Å². The fraction of sp³-hybridized carbons (Fsp3) is 0.538. The van der Waals surface area contributed by atoms with Gasteiger partial charge in [-0.15, -0.1) is 11.3 Å². The predicted molar refractivity (Wildman–Crippen MR) is 79.0 cm³/mol. The molecule has 0 aromatic carbocycles. The minimum Gasteiger partial charge on any atom is -0.393 e. The Morgan fingerprint density at radius 2 is 2.21 bits per heavy atom. The Kier molecular flexibility index (Phi) is 3.28. The molecule has 0 atom stereocenters. The average Bonchev–Trinajstić information content (AvgIpc) is 2.79. The van der Waals surface area contributed by atoms with Crippen LogP contribution in [0.4, 0.5) is 11.8 Å². The molecular formula is C13H18N4OS. The highest BCUT2D eigenvalue weighted by atomic mass is 32.1. The number of fused-ring (bicyclic) bond motifs is 1. The van der Waals surface area contributed by atoms with E-state index in [9.17, 15) is 5.11 Å². The molecule has 19 heavy (non-hydrogen) atoms. The van der Waals surface area contributed by atoms with Crippen LogP contribution in [0.25, 0.3) is 10.2 Å². The van der Waals surface area contributed by atoms with Crippen LogP contribution in [-0.4, -0.2) is 34.3 Å². The summed E-state index contributed by atoms with van der Waals surface area (Å²) in [6.45, 7) is 2.15. The molecule has 0 radical (unpaired) electrons. The maximum absolute atomic E-state index is 9.37. The molecule has 0 bridgehead atoms. The van der Waals surface area contributed by atoms with E-state index in [1.807, 2.05) is 7.05 Å². The van der Waals surface area contributed by atoms with Crippen molar-refractivity contribution in [2.45, 2.75) is 38.3 Å². The average molecular weight is 278 g/mol. The Bertz CT molecular complexity index is 592. The van der Waals surface area contributed by atoms with Gasteiger partial charge in [0.25, 0.3) is 0 Å². The molecule has 2 aromatic rings. The first-order valence-electron chi connectivity index (χ1n) is 6.62. The van der Waals surface area contributed by atoms with Gasteiger partial charge in [-0.05, 0) is 25.3 Å². The number of aromatic nitrogens is 2. The Morgan fingerprint density at radius 1 is 1.42 bits per heavy atom. The van der Waals surface area contributed by atoms with Crippen LogP contribution in [0.3, 0.4) is 0 Å². The van der Waals surface area contributed by atoms with Crippen molar-refractivity contribution in [2.24, 2.45) is 0 Å². The molecule has 0 aliphatic heterocycles. The zero-order valence-electron chi connectivity index (χ0n) is 11.1. The van der Waals surface area contributed by atoms with Crippen LogP contribution in [0, 0.1) is 0 Å². The van der Waals surface area contributed by atoms with Crippen LogP contribution < -0.4 is 10.6 Å². The van der Waals surface area contributed by atoms with E-state index in [4.69, 9.17) is 0 Å². The fourth-order valence-corrected chi connectivity index (χ4v) is 3.23. The van der Waals surface area contributed by atoms with E-state index in [0.29, 0.717) is 12.0 Å². The third-order valence-corrected chi connectivity index (χ3v) is 4.64. The number of anilines is 2. The van der Waals surface area contributed by atoms with Crippen molar-refractivity contribution >= 4 is 33.3 Å². The molecule has 5 nitrogen and oxygen atoms in total. The number of aryl methyl sites for hydroxylation is 1. The van der Waals surface area contributed by atoms with Gasteiger partial charge in [0.05, 0.1) is 11.5 Å². The van der Waals surface area contributed by atoms with Gasteiger partial charge in [-0.3, -0.25) is 0 Å². The Labute approximate surface area is 116 Å². The van der Waals surface area contributed by atoms with Gasteiger partial charge in [0.2, 0.25) is 5.95 Å². The van der Waals surface area contributed by atoms with Crippen LogP contribution >= 0.6 is 11.3 Å². The summed E-state index contributed by atoms with van der Waals surface area (Å²) in [7, 11) is 1.83. The molecule has 3 N–H and O–H groups in total. The SMILES string of the molecule is CCc1cc2c(NC3CC(O)C3)nc(NC)nc2s1. The molecule has 2 heterocycles. The van der Waals surface area contributed by atoms with Crippen LogP contribution in [0.15, 0.2) is 6.07 Å². The predicted octanol–water partition coefficient (Wildman–Crippen LogP) is 2.23. The molecule has 0 spiro atoms. The van der Waals surface area contributed by atoms with Gasteiger partial charge >= 0.3 is 0 Å². The second-order valence-corrected chi connectivity index (χ2v) is 6.01. The minimum atomic E-state index is -0.160. The first-order valence-corrected chi connectivity index (χ1v) is 7.44. The normalized spacial score (nSPS) is 22.3. The molecule has 1 saturated carbocycles. The summed E-state index contributed by atoms with van der Waals surface area (Å²) in [6.07, 6.45) is 2.45. The summed E-state index contributed by atoms with van der Waals surface area (Å²) in [4.78, 5) is 11.3. The van der Waals surface area contributed by atoms with Gasteiger partial charge in [0.1, 0.15) is 10.6 Å². The van der Waals surface area contributed by atoms with E-state index in [0.717, 1.165) is 35.3 Å². The molecule has 6 heteroatoms. The number of hydrogen-bond acceptors (Lipinski definition) is 6. The van der Waals surface area contributed by atoms with Gasteiger partial charge < -0.3 is 15.7 Å². The molecule has 3 rings (SSSR count). The summed E-state index contributed by atoms with van der Waals surface area (Å²) in [5, 5.41) is 16.9. The maximum atomic E-state index is 9.37. The van der Waals surface area contributed by atoms with Crippen LogP contribution in [-0.2, 0) is 6.42 Å². The highest BCUT2D eigenvalue weighted by molar-refractivity contribution is 7.18. The number of rotatable bonds is 4. The summed E-state index contributed by atoms with van der Waals surface area (Å²) in [6, 6.07) is 2.49. The molecule has 0 amide bonds. The molecule has 1 fully saturated rings. The smallest absolute Gasteiger partial charge is 0.225 e. The van der Waals surface area contributed by atoms with Gasteiger partial charge in [-0.1, -0.05) is 6.92 Å². The van der Waals surface area contributed by atoms with E-state index in [1.54, 1.807) is 11.3 Å². The largest absolute Gasteiger partial charge is 0.393 e. The molecule has 2 aromatic heterocycles. The number of nitrogens with zero attached hydrogens (tertiary/aromatic N) is 2. The lowest BCUT2D eigenvalue weighted by Crippen LogP contribution is -2.39. The summed E-state index contributed by atoms with van der Waals surface area (Å²) in [5.41, 5.74) is 0.